The summed E-state index contributed by atoms with van der Waals surface area (Å²) in [5.41, 5.74) is 0. The van der Waals surface area contributed by atoms with E-state index in [1.165, 1.54) is 12.8 Å². The summed E-state index contributed by atoms with van der Waals surface area (Å²) >= 11 is 0. The summed E-state index contributed by atoms with van der Waals surface area (Å²) in [7, 11) is -0.824. The van der Waals surface area contributed by atoms with Crippen LogP contribution in [-0.2, 0) is 15.6 Å². The van der Waals surface area contributed by atoms with Gasteiger partial charge in [0.2, 0.25) is 5.91 Å². The molecule has 3 unspecified atom stereocenters. The number of hydrogen-bond donors (Lipinski definition) is 2. The summed E-state index contributed by atoms with van der Waals surface area (Å²) in [5, 5.41) is 6.21. The van der Waals surface area contributed by atoms with Crippen molar-refractivity contribution in [2.45, 2.75) is 26.2 Å². The summed E-state index contributed by atoms with van der Waals surface area (Å²) in [6.45, 7) is 4.82. The van der Waals surface area contributed by atoms with Crippen molar-refractivity contribution in [2.24, 2.45) is 11.8 Å². The van der Waals surface area contributed by atoms with Crippen molar-refractivity contribution in [2.75, 3.05) is 31.6 Å². The predicted octanol–water partition coefficient (Wildman–Crippen LogP) is 0.507. The van der Waals surface area contributed by atoms with Gasteiger partial charge in [-0.05, 0) is 37.8 Å². The highest BCUT2D eigenvalue weighted by Gasteiger charge is 2.21. The van der Waals surface area contributed by atoms with Crippen LogP contribution in [0.2, 0.25) is 0 Å². The summed E-state index contributed by atoms with van der Waals surface area (Å²) in [4.78, 5) is 11.6. The molecule has 0 aromatic carbocycles. The molecular formula is C12H24N2O2S. The number of hydrogen-bond acceptors (Lipinski definition) is 3. The van der Waals surface area contributed by atoms with E-state index in [1.807, 2.05) is 0 Å². The van der Waals surface area contributed by atoms with E-state index in [2.05, 4.69) is 17.6 Å². The van der Waals surface area contributed by atoms with E-state index in [4.69, 9.17) is 0 Å². The third-order valence-electron chi connectivity index (χ3n) is 3.36. The molecule has 17 heavy (non-hydrogen) atoms. The van der Waals surface area contributed by atoms with E-state index in [9.17, 15) is 9.00 Å². The van der Waals surface area contributed by atoms with Crippen LogP contribution in [-0.4, -0.2) is 41.8 Å². The van der Waals surface area contributed by atoms with Crippen LogP contribution in [0.25, 0.3) is 0 Å². The van der Waals surface area contributed by atoms with Gasteiger partial charge in [0.1, 0.15) is 0 Å². The van der Waals surface area contributed by atoms with E-state index in [1.54, 1.807) is 6.26 Å². The number of rotatable bonds is 6. The Morgan fingerprint density at radius 2 is 2.35 bits per heavy atom. The minimum absolute atomic E-state index is 0.0912. The first-order valence-corrected chi connectivity index (χ1v) is 8.09. The number of carbonyl (C=O) groups excluding carboxylic acids is 1. The lowest BCUT2D eigenvalue weighted by Gasteiger charge is -2.28. The zero-order valence-electron chi connectivity index (χ0n) is 10.8. The van der Waals surface area contributed by atoms with Gasteiger partial charge in [-0.2, -0.15) is 0 Å². The van der Waals surface area contributed by atoms with Crippen LogP contribution in [0.3, 0.4) is 0 Å². The van der Waals surface area contributed by atoms with Crippen LogP contribution in [0, 0.1) is 11.8 Å². The normalized spacial score (nSPS) is 24.0. The molecule has 1 aliphatic heterocycles. The Morgan fingerprint density at radius 3 is 2.94 bits per heavy atom. The second-order valence-corrected chi connectivity index (χ2v) is 6.47. The van der Waals surface area contributed by atoms with Gasteiger partial charge >= 0.3 is 0 Å². The largest absolute Gasteiger partial charge is 0.355 e. The molecule has 3 atom stereocenters. The first-order valence-electron chi connectivity index (χ1n) is 6.37. The Kier molecular flexibility index (Phi) is 6.73. The number of nitrogens with one attached hydrogen (secondary N) is 2. The molecule has 0 aromatic heterocycles. The molecule has 0 saturated carbocycles. The molecule has 1 amide bonds. The SMILES string of the molecule is CC(CC(=O)NCCS(C)=O)C1CCCNC1. The van der Waals surface area contributed by atoms with Gasteiger partial charge in [0.25, 0.3) is 0 Å². The van der Waals surface area contributed by atoms with Gasteiger partial charge in [0.15, 0.2) is 0 Å². The van der Waals surface area contributed by atoms with Crippen LogP contribution >= 0.6 is 0 Å². The summed E-state index contributed by atoms with van der Waals surface area (Å²) in [6.07, 6.45) is 4.68. The van der Waals surface area contributed by atoms with E-state index in [-0.39, 0.29) is 5.91 Å². The predicted molar refractivity (Wildman–Crippen MR) is 71.3 cm³/mol. The fourth-order valence-electron chi connectivity index (χ4n) is 2.23. The lowest BCUT2D eigenvalue weighted by atomic mass is 9.85. The third kappa shape index (κ3) is 6.17. The van der Waals surface area contributed by atoms with Gasteiger partial charge < -0.3 is 10.6 Å². The maximum atomic E-state index is 11.6. The fraction of sp³-hybridized carbons (Fsp3) is 0.917. The van der Waals surface area contributed by atoms with Crippen LogP contribution in [0.15, 0.2) is 0 Å². The molecule has 0 aromatic rings. The third-order valence-corrected chi connectivity index (χ3v) is 4.14. The molecule has 5 heteroatoms. The summed E-state index contributed by atoms with van der Waals surface area (Å²) < 4.78 is 10.8. The highest BCUT2D eigenvalue weighted by Crippen LogP contribution is 2.22. The summed E-state index contributed by atoms with van der Waals surface area (Å²) in [6, 6.07) is 0. The molecule has 0 spiro atoms. The Hall–Kier alpha value is -0.420. The van der Waals surface area contributed by atoms with Crippen molar-refractivity contribution in [1.29, 1.82) is 0 Å². The molecule has 1 saturated heterocycles. The first-order chi connectivity index (χ1) is 8.09. The Balaban J connectivity index is 2.18. The number of amides is 1. The summed E-state index contributed by atoms with van der Waals surface area (Å²) in [5.74, 6) is 1.68. The highest BCUT2D eigenvalue weighted by atomic mass is 32.2. The molecular weight excluding hydrogens is 236 g/mol. The molecule has 0 radical (unpaired) electrons. The average molecular weight is 260 g/mol. The zero-order chi connectivity index (χ0) is 12.7. The topological polar surface area (TPSA) is 58.2 Å². The molecule has 1 heterocycles. The van der Waals surface area contributed by atoms with E-state index >= 15 is 0 Å². The zero-order valence-corrected chi connectivity index (χ0v) is 11.6. The molecule has 1 fully saturated rings. The maximum Gasteiger partial charge on any atom is 0.220 e. The number of piperidine rings is 1. The number of carbonyl (C=O) groups is 1. The Bertz CT molecular complexity index is 265. The smallest absolute Gasteiger partial charge is 0.220 e. The van der Waals surface area contributed by atoms with Gasteiger partial charge in [-0.15, -0.1) is 0 Å². The lowest BCUT2D eigenvalue weighted by molar-refractivity contribution is -0.122. The van der Waals surface area contributed by atoms with Crippen molar-refractivity contribution in [1.82, 2.24) is 10.6 Å². The van der Waals surface area contributed by atoms with Gasteiger partial charge in [0.05, 0.1) is 0 Å². The van der Waals surface area contributed by atoms with Gasteiger partial charge in [-0.1, -0.05) is 6.92 Å². The van der Waals surface area contributed by atoms with Crippen molar-refractivity contribution >= 4 is 16.7 Å². The van der Waals surface area contributed by atoms with Gasteiger partial charge in [0, 0.05) is 35.8 Å². The molecule has 1 aliphatic rings. The standard InChI is InChI=1S/C12H24N2O2S/c1-10(11-4-3-5-13-9-11)8-12(15)14-6-7-17(2)16/h10-11,13H,3-9H2,1-2H3,(H,14,15). The average Bonchev–Trinajstić information content (AvgIpc) is 2.29. The van der Waals surface area contributed by atoms with Crippen LogP contribution < -0.4 is 10.6 Å². The quantitative estimate of drug-likeness (QED) is 0.731. The van der Waals surface area contributed by atoms with Crippen molar-refractivity contribution in [3.05, 3.63) is 0 Å². The van der Waals surface area contributed by atoms with E-state index in [0.717, 1.165) is 13.1 Å². The monoisotopic (exact) mass is 260 g/mol. The van der Waals surface area contributed by atoms with Crippen molar-refractivity contribution < 1.29 is 9.00 Å². The molecule has 1 rings (SSSR count). The maximum absolute atomic E-state index is 11.6. The molecule has 0 bridgehead atoms. The Morgan fingerprint density at radius 1 is 1.59 bits per heavy atom. The molecule has 0 aliphatic carbocycles. The van der Waals surface area contributed by atoms with Crippen LogP contribution in [0.5, 0.6) is 0 Å². The van der Waals surface area contributed by atoms with E-state index in [0.29, 0.717) is 30.6 Å². The van der Waals surface area contributed by atoms with E-state index < -0.39 is 10.8 Å². The molecule has 2 N–H and O–H groups in total. The first kappa shape index (κ1) is 14.6. The molecule has 4 nitrogen and oxygen atoms in total. The van der Waals surface area contributed by atoms with Crippen LogP contribution in [0.4, 0.5) is 0 Å². The van der Waals surface area contributed by atoms with Crippen LogP contribution in [0.1, 0.15) is 26.2 Å². The molecule has 100 valence electrons. The minimum atomic E-state index is -0.824. The van der Waals surface area contributed by atoms with Gasteiger partial charge in [-0.3, -0.25) is 9.00 Å². The minimum Gasteiger partial charge on any atom is -0.355 e. The van der Waals surface area contributed by atoms with Crippen molar-refractivity contribution in [3.63, 3.8) is 0 Å². The van der Waals surface area contributed by atoms with Gasteiger partial charge in [-0.25, -0.2) is 0 Å². The second-order valence-electron chi connectivity index (χ2n) is 4.92. The van der Waals surface area contributed by atoms with Crippen molar-refractivity contribution in [3.8, 4) is 0 Å². The highest BCUT2D eigenvalue weighted by molar-refractivity contribution is 7.84. The lowest BCUT2D eigenvalue weighted by Crippen LogP contribution is -2.36. The Labute approximate surface area is 106 Å². The fourth-order valence-corrected chi connectivity index (χ4v) is 2.62. The second kappa shape index (κ2) is 7.82.